The quantitative estimate of drug-likeness (QED) is 0.902. The van der Waals surface area contributed by atoms with Gasteiger partial charge in [0.05, 0.1) is 0 Å². The molecule has 1 aromatic rings. The minimum Gasteiger partial charge on any atom is -0.312 e. The first-order valence-electron chi connectivity index (χ1n) is 7.99. The molecule has 0 spiro atoms. The first-order chi connectivity index (χ1) is 9.51. The summed E-state index contributed by atoms with van der Waals surface area (Å²) in [6.45, 7) is 11.7. The third-order valence-corrected chi connectivity index (χ3v) is 4.93. The number of hydrogen-bond donors (Lipinski definition) is 1. The van der Waals surface area contributed by atoms with Gasteiger partial charge in [0.1, 0.15) is 0 Å². The highest BCUT2D eigenvalue weighted by molar-refractivity contribution is 5.25. The van der Waals surface area contributed by atoms with Gasteiger partial charge in [-0.25, -0.2) is 0 Å². The summed E-state index contributed by atoms with van der Waals surface area (Å²) in [7, 11) is 2.08. The first kappa shape index (κ1) is 15.5. The average molecular weight is 274 g/mol. The van der Waals surface area contributed by atoms with Crippen LogP contribution in [0.15, 0.2) is 24.3 Å². The summed E-state index contributed by atoms with van der Waals surface area (Å²) >= 11 is 0. The lowest BCUT2D eigenvalue weighted by molar-refractivity contribution is 0.0710. The second-order valence-electron chi connectivity index (χ2n) is 6.77. The zero-order chi connectivity index (χ0) is 14.7. The van der Waals surface area contributed by atoms with Crippen LogP contribution in [0, 0.1) is 18.8 Å². The van der Waals surface area contributed by atoms with Crippen LogP contribution in [0.1, 0.15) is 44.4 Å². The van der Waals surface area contributed by atoms with Gasteiger partial charge in [0.2, 0.25) is 0 Å². The van der Waals surface area contributed by atoms with E-state index in [1.807, 2.05) is 0 Å². The van der Waals surface area contributed by atoms with Gasteiger partial charge in [-0.3, -0.25) is 4.90 Å². The summed E-state index contributed by atoms with van der Waals surface area (Å²) in [5, 5.41) is 3.50. The van der Waals surface area contributed by atoms with E-state index in [-0.39, 0.29) is 0 Å². The Hall–Kier alpha value is -0.860. The molecule has 1 saturated heterocycles. The number of likely N-dealkylation sites (tertiary alicyclic amines) is 1. The van der Waals surface area contributed by atoms with Gasteiger partial charge in [0.25, 0.3) is 0 Å². The molecule has 1 N–H and O–H groups in total. The van der Waals surface area contributed by atoms with Crippen molar-refractivity contribution in [2.45, 2.75) is 46.2 Å². The molecule has 0 bridgehead atoms. The summed E-state index contributed by atoms with van der Waals surface area (Å²) in [5.41, 5.74) is 2.75. The molecule has 4 atom stereocenters. The summed E-state index contributed by atoms with van der Waals surface area (Å²) < 4.78 is 0. The number of piperidine rings is 1. The second-order valence-corrected chi connectivity index (χ2v) is 6.77. The molecule has 0 radical (unpaired) electrons. The molecule has 0 aliphatic carbocycles. The molecule has 1 heterocycles. The van der Waals surface area contributed by atoms with Crippen molar-refractivity contribution >= 4 is 0 Å². The summed E-state index contributed by atoms with van der Waals surface area (Å²) in [5.74, 6) is 1.62. The molecule has 4 unspecified atom stereocenters. The Balaban J connectivity index is 2.09. The zero-order valence-electron chi connectivity index (χ0n) is 13.7. The fraction of sp³-hybridized carbons (Fsp3) is 0.667. The molecule has 20 heavy (non-hydrogen) atoms. The molecule has 0 aromatic heterocycles. The number of aryl methyl sites for hydroxylation is 1. The third kappa shape index (κ3) is 3.62. The number of rotatable bonds is 4. The van der Waals surface area contributed by atoms with Gasteiger partial charge in [0, 0.05) is 25.2 Å². The van der Waals surface area contributed by atoms with E-state index in [2.05, 4.69) is 69.2 Å². The van der Waals surface area contributed by atoms with Crippen molar-refractivity contribution in [3.05, 3.63) is 35.4 Å². The highest BCUT2D eigenvalue weighted by atomic mass is 15.2. The Labute approximate surface area is 124 Å². The van der Waals surface area contributed by atoms with Crippen LogP contribution >= 0.6 is 0 Å². The van der Waals surface area contributed by atoms with Gasteiger partial charge >= 0.3 is 0 Å². The fourth-order valence-corrected chi connectivity index (χ4v) is 3.56. The number of likely N-dealkylation sites (N-methyl/N-ethyl adjacent to an activating group) is 1. The SMILES string of the molecule is CNC(CN1CC(C)CC(C)C1C)c1cccc(C)c1. The molecule has 2 rings (SSSR count). The van der Waals surface area contributed by atoms with Crippen molar-refractivity contribution in [3.8, 4) is 0 Å². The van der Waals surface area contributed by atoms with Crippen LogP contribution in [0.4, 0.5) is 0 Å². The molecular formula is C18H30N2. The van der Waals surface area contributed by atoms with Crippen molar-refractivity contribution < 1.29 is 0 Å². The monoisotopic (exact) mass is 274 g/mol. The maximum atomic E-state index is 3.50. The third-order valence-electron chi connectivity index (χ3n) is 4.93. The molecule has 112 valence electrons. The van der Waals surface area contributed by atoms with Crippen LogP contribution < -0.4 is 5.32 Å². The maximum Gasteiger partial charge on any atom is 0.0447 e. The van der Waals surface area contributed by atoms with Crippen LogP contribution in [-0.2, 0) is 0 Å². The van der Waals surface area contributed by atoms with Crippen LogP contribution in [0.25, 0.3) is 0 Å². The van der Waals surface area contributed by atoms with Crippen LogP contribution in [-0.4, -0.2) is 31.1 Å². The maximum absolute atomic E-state index is 3.50. The topological polar surface area (TPSA) is 15.3 Å². The second kappa shape index (κ2) is 6.73. The summed E-state index contributed by atoms with van der Waals surface area (Å²) in [6, 6.07) is 10.0. The minimum absolute atomic E-state index is 0.426. The predicted octanol–water partition coefficient (Wildman–Crippen LogP) is 3.62. The van der Waals surface area contributed by atoms with E-state index in [1.54, 1.807) is 0 Å². The molecule has 1 aliphatic rings. The van der Waals surface area contributed by atoms with Gasteiger partial charge in [-0.1, -0.05) is 43.7 Å². The number of nitrogens with zero attached hydrogens (tertiary/aromatic N) is 1. The number of hydrogen-bond acceptors (Lipinski definition) is 2. The zero-order valence-corrected chi connectivity index (χ0v) is 13.7. The minimum atomic E-state index is 0.426. The van der Waals surface area contributed by atoms with Gasteiger partial charge < -0.3 is 5.32 Å². The van der Waals surface area contributed by atoms with Crippen molar-refractivity contribution in [2.75, 3.05) is 20.1 Å². The standard InChI is InChI=1S/C18H30N2/c1-13-7-6-8-17(10-13)18(19-5)12-20-11-14(2)9-15(3)16(20)4/h6-8,10,14-16,18-19H,9,11-12H2,1-5H3. The Morgan fingerprint density at radius 2 is 2.05 bits per heavy atom. The van der Waals surface area contributed by atoms with Crippen molar-refractivity contribution in [1.82, 2.24) is 10.2 Å². The average Bonchev–Trinajstić information content (AvgIpc) is 2.41. The lowest BCUT2D eigenvalue weighted by atomic mass is 9.85. The van der Waals surface area contributed by atoms with E-state index < -0.39 is 0 Å². The van der Waals surface area contributed by atoms with E-state index in [1.165, 1.54) is 24.1 Å². The van der Waals surface area contributed by atoms with E-state index in [4.69, 9.17) is 0 Å². The van der Waals surface area contributed by atoms with Gasteiger partial charge in [-0.15, -0.1) is 0 Å². The Kier molecular flexibility index (Phi) is 5.22. The van der Waals surface area contributed by atoms with Crippen LogP contribution in [0.3, 0.4) is 0 Å². The molecule has 1 aliphatic heterocycles. The fourth-order valence-electron chi connectivity index (χ4n) is 3.56. The van der Waals surface area contributed by atoms with Crippen molar-refractivity contribution in [2.24, 2.45) is 11.8 Å². The van der Waals surface area contributed by atoms with Crippen molar-refractivity contribution in [1.29, 1.82) is 0 Å². The Morgan fingerprint density at radius 1 is 1.30 bits per heavy atom. The summed E-state index contributed by atoms with van der Waals surface area (Å²) in [4.78, 5) is 2.67. The van der Waals surface area contributed by atoms with E-state index in [9.17, 15) is 0 Å². The van der Waals surface area contributed by atoms with E-state index in [0.717, 1.165) is 18.4 Å². The van der Waals surface area contributed by atoms with E-state index >= 15 is 0 Å². The van der Waals surface area contributed by atoms with Gasteiger partial charge in [-0.05, 0) is 44.7 Å². The molecule has 1 aromatic carbocycles. The molecule has 0 amide bonds. The molecular weight excluding hydrogens is 244 g/mol. The van der Waals surface area contributed by atoms with Gasteiger partial charge in [0.15, 0.2) is 0 Å². The van der Waals surface area contributed by atoms with E-state index in [0.29, 0.717) is 12.1 Å². The molecule has 0 saturated carbocycles. The Bertz CT molecular complexity index is 429. The predicted molar refractivity (Wildman–Crippen MR) is 87.0 cm³/mol. The first-order valence-corrected chi connectivity index (χ1v) is 7.99. The molecule has 1 fully saturated rings. The Morgan fingerprint density at radius 3 is 2.70 bits per heavy atom. The lowest BCUT2D eigenvalue weighted by Gasteiger charge is -2.42. The lowest BCUT2D eigenvalue weighted by Crippen LogP contribution is -2.48. The normalized spacial score (nSPS) is 29.4. The largest absolute Gasteiger partial charge is 0.312 e. The highest BCUT2D eigenvalue weighted by Crippen LogP contribution is 2.28. The van der Waals surface area contributed by atoms with Gasteiger partial charge in [-0.2, -0.15) is 0 Å². The number of benzene rings is 1. The van der Waals surface area contributed by atoms with Crippen LogP contribution in [0.5, 0.6) is 0 Å². The summed E-state index contributed by atoms with van der Waals surface area (Å²) in [6.07, 6.45) is 1.37. The molecule has 2 heteroatoms. The van der Waals surface area contributed by atoms with Crippen LogP contribution in [0.2, 0.25) is 0 Å². The molecule has 2 nitrogen and oxygen atoms in total. The smallest absolute Gasteiger partial charge is 0.0447 e. The highest BCUT2D eigenvalue weighted by Gasteiger charge is 2.30. The number of nitrogens with one attached hydrogen (secondary N) is 1. The van der Waals surface area contributed by atoms with Crippen molar-refractivity contribution in [3.63, 3.8) is 0 Å².